The van der Waals surface area contributed by atoms with Crippen molar-refractivity contribution in [3.8, 4) is 18.1 Å². The van der Waals surface area contributed by atoms with E-state index in [9.17, 15) is 9.59 Å². The summed E-state index contributed by atoms with van der Waals surface area (Å²) < 4.78 is 10.2. The Morgan fingerprint density at radius 2 is 2.00 bits per heavy atom. The van der Waals surface area contributed by atoms with E-state index in [1.54, 1.807) is 43.3 Å². The second-order valence-corrected chi connectivity index (χ2v) is 4.90. The molecule has 0 fully saturated rings. The van der Waals surface area contributed by atoms with Crippen LogP contribution in [0.1, 0.15) is 28.4 Å². The lowest BCUT2D eigenvalue weighted by atomic mass is 10.00. The number of esters is 1. The molecule has 122 valence electrons. The Hall–Kier alpha value is -3.26. The van der Waals surface area contributed by atoms with Gasteiger partial charge in [0.1, 0.15) is 5.75 Å². The van der Waals surface area contributed by atoms with E-state index in [0.29, 0.717) is 16.8 Å². The monoisotopic (exact) mass is 323 g/mol. The molecule has 0 spiro atoms. The summed E-state index contributed by atoms with van der Waals surface area (Å²) in [7, 11) is 0. The van der Waals surface area contributed by atoms with Crippen molar-refractivity contribution in [1.29, 1.82) is 0 Å². The number of ketones is 1. The minimum Gasteiger partial charge on any atom is -0.481 e. The molecule has 5 heteroatoms. The molecule has 0 amide bonds. The van der Waals surface area contributed by atoms with Crippen molar-refractivity contribution in [2.45, 2.75) is 6.92 Å². The molecule has 2 rings (SSSR count). The predicted molar refractivity (Wildman–Crippen MR) is 90.8 cm³/mol. The van der Waals surface area contributed by atoms with Crippen molar-refractivity contribution >= 4 is 17.4 Å². The van der Waals surface area contributed by atoms with Crippen molar-refractivity contribution in [3.63, 3.8) is 0 Å². The van der Waals surface area contributed by atoms with Gasteiger partial charge in [0.05, 0.1) is 12.2 Å². The molecule has 2 N–H and O–H groups in total. The number of nitrogens with two attached hydrogens (primary N) is 1. The van der Waals surface area contributed by atoms with Crippen LogP contribution in [0.5, 0.6) is 5.75 Å². The fraction of sp³-hybridized carbons (Fsp3) is 0.158. The highest BCUT2D eigenvalue weighted by atomic mass is 16.6. The van der Waals surface area contributed by atoms with Gasteiger partial charge in [0.15, 0.2) is 12.4 Å². The first-order chi connectivity index (χ1) is 11.5. The van der Waals surface area contributed by atoms with Crippen LogP contribution in [0.25, 0.3) is 0 Å². The quantitative estimate of drug-likeness (QED) is 0.382. The van der Waals surface area contributed by atoms with E-state index in [4.69, 9.17) is 21.6 Å². The standard InChI is InChI=1S/C19H17NO4/c1-3-13-6-5-7-14(10-13)19(22)16-11-15(20)8-9-17(16)24-12-18(21)23-4-2/h1,5-11H,4,12,20H2,2H3. The van der Waals surface area contributed by atoms with Gasteiger partial charge in [-0.05, 0) is 37.3 Å². The first-order valence-corrected chi connectivity index (χ1v) is 7.34. The Morgan fingerprint density at radius 3 is 2.71 bits per heavy atom. The number of carbonyl (C=O) groups excluding carboxylic acids is 2. The first kappa shape index (κ1) is 17.1. The third-order valence-electron chi connectivity index (χ3n) is 3.19. The average molecular weight is 323 g/mol. The number of benzene rings is 2. The van der Waals surface area contributed by atoms with Crippen molar-refractivity contribution in [1.82, 2.24) is 0 Å². The largest absolute Gasteiger partial charge is 0.481 e. The molecule has 0 saturated carbocycles. The Balaban J connectivity index is 2.31. The van der Waals surface area contributed by atoms with Gasteiger partial charge < -0.3 is 15.2 Å². The maximum Gasteiger partial charge on any atom is 0.344 e. The first-order valence-electron chi connectivity index (χ1n) is 7.34. The minimum atomic E-state index is -0.512. The molecule has 2 aromatic carbocycles. The molecule has 0 unspecified atom stereocenters. The number of ether oxygens (including phenoxy) is 2. The summed E-state index contributed by atoms with van der Waals surface area (Å²) in [6, 6.07) is 11.3. The molecular weight excluding hydrogens is 306 g/mol. The maximum atomic E-state index is 12.7. The Kier molecular flexibility index (Phi) is 5.58. The van der Waals surface area contributed by atoms with Crippen molar-refractivity contribution in [2.24, 2.45) is 0 Å². The zero-order chi connectivity index (χ0) is 17.5. The summed E-state index contributed by atoms with van der Waals surface area (Å²) in [5.74, 6) is 1.94. The van der Waals surface area contributed by atoms with Crippen molar-refractivity contribution < 1.29 is 19.1 Å². The summed E-state index contributed by atoms with van der Waals surface area (Å²) >= 11 is 0. The summed E-state index contributed by atoms with van der Waals surface area (Å²) in [5, 5.41) is 0. The zero-order valence-electron chi connectivity index (χ0n) is 13.2. The van der Waals surface area contributed by atoms with E-state index < -0.39 is 5.97 Å². The zero-order valence-corrected chi connectivity index (χ0v) is 13.2. The highest BCUT2D eigenvalue weighted by molar-refractivity contribution is 6.11. The summed E-state index contributed by atoms with van der Waals surface area (Å²) in [5.41, 5.74) is 7.45. The van der Waals surface area contributed by atoms with Crippen LogP contribution in [0, 0.1) is 12.3 Å². The van der Waals surface area contributed by atoms with Crippen LogP contribution in [0.15, 0.2) is 42.5 Å². The van der Waals surface area contributed by atoms with E-state index in [0.717, 1.165) is 0 Å². The van der Waals surface area contributed by atoms with Gasteiger partial charge >= 0.3 is 5.97 Å². The van der Waals surface area contributed by atoms with E-state index in [2.05, 4.69) is 5.92 Å². The summed E-state index contributed by atoms with van der Waals surface area (Å²) in [6.07, 6.45) is 5.36. The molecule has 0 bridgehead atoms. The van der Waals surface area contributed by atoms with Crippen molar-refractivity contribution in [2.75, 3.05) is 18.9 Å². The fourth-order valence-corrected chi connectivity index (χ4v) is 2.10. The van der Waals surface area contributed by atoms with Crippen molar-refractivity contribution in [3.05, 3.63) is 59.2 Å². The van der Waals surface area contributed by atoms with Gasteiger partial charge in [-0.25, -0.2) is 4.79 Å². The molecule has 0 heterocycles. The van der Waals surface area contributed by atoms with E-state index >= 15 is 0 Å². The lowest BCUT2D eigenvalue weighted by Crippen LogP contribution is -2.16. The number of hydrogen-bond acceptors (Lipinski definition) is 5. The number of terminal acetylenes is 1. The molecule has 0 aliphatic heterocycles. The maximum absolute atomic E-state index is 12.7. The molecule has 0 saturated heterocycles. The molecular formula is C19H17NO4. The highest BCUT2D eigenvalue weighted by Crippen LogP contribution is 2.25. The van der Waals surface area contributed by atoms with Gasteiger partial charge in [-0.15, -0.1) is 6.42 Å². The lowest BCUT2D eigenvalue weighted by molar-refractivity contribution is -0.145. The molecule has 0 aliphatic rings. The Labute approximate surface area is 140 Å². The summed E-state index contributed by atoms with van der Waals surface area (Å²) in [4.78, 5) is 24.2. The highest BCUT2D eigenvalue weighted by Gasteiger charge is 2.17. The average Bonchev–Trinajstić information content (AvgIpc) is 2.60. The second kappa shape index (κ2) is 7.84. The van der Waals surface area contributed by atoms with Gasteiger partial charge in [0, 0.05) is 16.8 Å². The number of nitrogen functional groups attached to an aromatic ring is 1. The SMILES string of the molecule is C#Cc1cccc(C(=O)c2cc(N)ccc2OCC(=O)OCC)c1. The number of anilines is 1. The minimum absolute atomic E-state index is 0.258. The van der Waals surface area contributed by atoms with Gasteiger partial charge in [-0.2, -0.15) is 0 Å². The molecule has 5 nitrogen and oxygen atoms in total. The molecule has 0 radical (unpaired) electrons. The molecule has 24 heavy (non-hydrogen) atoms. The van der Waals surface area contributed by atoms with Crippen LogP contribution in [0.4, 0.5) is 5.69 Å². The number of hydrogen-bond donors (Lipinski definition) is 1. The van der Waals surface area contributed by atoms with Crippen LogP contribution in [0.2, 0.25) is 0 Å². The van der Waals surface area contributed by atoms with E-state index in [1.807, 2.05) is 0 Å². The molecule has 2 aromatic rings. The Morgan fingerprint density at radius 1 is 1.21 bits per heavy atom. The Bertz CT molecular complexity index is 805. The topological polar surface area (TPSA) is 78.6 Å². The van der Waals surface area contributed by atoms with E-state index in [1.165, 1.54) is 6.07 Å². The fourth-order valence-electron chi connectivity index (χ4n) is 2.10. The predicted octanol–water partition coefficient (Wildman–Crippen LogP) is 2.42. The third kappa shape index (κ3) is 4.14. The van der Waals surface area contributed by atoms with Crippen LogP contribution in [0.3, 0.4) is 0 Å². The lowest BCUT2D eigenvalue weighted by Gasteiger charge is -2.11. The molecule has 0 aromatic heterocycles. The summed E-state index contributed by atoms with van der Waals surface area (Å²) in [6.45, 7) is 1.67. The van der Waals surface area contributed by atoms with Gasteiger partial charge in [-0.3, -0.25) is 4.79 Å². The molecule has 0 aliphatic carbocycles. The second-order valence-electron chi connectivity index (χ2n) is 4.90. The van der Waals surface area contributed by atoms with Crippen LogP contribution < -0.4 is 10.5 Å². The van der Waals surface area contributed by atoms with E-state index in [-0.39, 0.29) is 30.3 Å². The van der Waals surface area contributed by atoms with Crippen LogP contribution in [-0.2, 0) is 9.53 Å². The third-order valence-corrected chi connectivity index (χ3v) is 3.19. The number of rotatable bonds is 6. The smallest absolute Gasteiger partial charge is 0.344 e. The number of carbonyl (C=O) groups is 2. The van der Waals surface area contributed by atoms with Gasteiger partial charge in [0.2, 0.25) is 0 Å². The van der Waals surface area contributed by atoms with Crippen LogP contribution >= 0.6 is 0 Å². The molecule has 0 atom stereocenters. The van der Waals surface area contributed by atoms with Gasteiger partial charge in [-0.1, -0.05) is 18.1 Å². The van der Waals surface area contributed by atoms with Gasteiger partial charge in [0.25, 0.3) is 0 Å². The van der Waals surface area contributed by atoms with Crippen LogP contribution in [-0.4, -0.2) is 25.0 Å². The normalized spacial score (nSPS) is 9.83.